The van der Waals surface area contributed by atoms with Gasteiger partial charge in [-0.2, -0.15) is 4.68 Å². The molecule has 2 aromatic carbocycles. The van der Waals surface area contributed by atoms with Crippen LogP contribution >= 0.6 is 0 Å². The predicted octanol–water partition coefficient (Wildman–Crippen LogP) is 4.61. The number of hydrogen-bond acceptors (Lipinski definition) is 3. The molecule has 0 bridgehead atoms. The highest BCUT2D eigenvalue weighted by Crippen LogP contribution is 2.23. The molecule has 0 radical (unpaired) electrons. The van der Waals surface area contributed by atoms with Gasteiger partial charge in [-0.05, 0) is 41.3 Å². The summed E-state index contributed by atoms with van der Waals surface area (Å²) < 4.78 is 1.76. The summed E-state index contributed by atoms with van der Waals surface area (Å²) in [6, 6.07) is 20.6. The Morgan fingerprint density at radius 1 is 0.833 bits per heavy atom. The lowest BCUT2D eigenvalue weighted by Gasteiger charge is -2.07. The zero-order valence-electron chi connectivity index (χ0n) is 13.7. The second kappa shape index (κ2) is 5.89. The molecule has 118 valence electrons. The van der Waals surface area contributed by atoms with Gasteiger partial charge in [0.25, 0.3) is 0 Å². The molecule has 0 unspecified atom stereocenters. The summed E-state index contributed by atoms with van der Waals surface area (Å²) in [5.74, 6) is 1.31. The van der Waals surface area contributed by atoms with Crippen molar-refractivity contribution < 1.29 is 0 Å². The van der Waals surface area contributed by atoms with Gasteiger partial charge >= 0.3 is 0 Å². The molecule has 0 aliphatic rings. The van der Waals surface area contributed by atoms with Crippen molar-refractivity contribution >= 4 is 11.0 Å². The Labute approximate surface area is 140 Å². The first-order valence-corrected chi connectivity index (χ1v) is 8.09. The molecule has 2 heterocycles. The van der Waals surface area contributed by atoms with Crippen LogP contribution in [0.3, 0.4) is 0 Å². The van der Waals surface area contributed by atoms with Crippen molar-refractivity contribution in [1.82, 2.24) is 20.0 Å². The van der Waals surface area contributed by atoms with Crippen LogP contribution in [0, 0.1) is 0 Å². The van der Waals surface area contributed by atoms with E-state index in [9.17, 15) is 0 Å². The van der Waals surface area contributed by atoms with E-state index in [1.165, 1.54) is 11.1 Å². The van der Waals surface area contributed by atoms with Gasteiger partial charge in [-0.15, -0.1) is 5.10 Å². The maximum atomic E-state index is 4.57. The van der Waals surface area contributed by atoms with Crippen LogP contribution in [0.25, 0.3) is 28.0 Å². The Morgan fingerprint density at radius 3 is 2.29 bits per heavy atom. The van der Waals surface area contributed by atoms with Gasteiger partial charge < -0.3 is 0 Å². The molecule has 0 saturated heterocycles. The van der Waals surface area contributed by atoms with Crippen molar-refractivity contribution in [3.63, 3.8) is 0 Å². The number of aromatic nitrogens is 4. The standard InChI is InChI=1S/C20H18N4/c1-14(2)15-7-9-16(10-8-15)17-11-12-20(21-13-17)24-19-6-4-3-5-18(19)22-23-24/h3-14H,1-2H3. The number of rotatable bonds is 3. The lowest BCUT2D eigenvalue weighted by molar-refractivity contribution is 0.802. The highest BCUT2D eigenvalue weighted by Gasteiger charge is 2.07. The van der Waals surface area contributed by atoms with Crippen molar-refractivity contribution in [2.24, 2.45) is 0 Å². The maximum Gasteiger partial charge on any atom is 0.155 e. The minimum atomic E-state index is 0.542. The summed E-state index contributed by atoms with van der Waals surface area (Å²) in [7, 11) is 0. The van der Waals surface area contributed by atoms with Gasteiger partial charge in [0.2, 0.25) is 0 Å². The molecular weight excluding hydrogens is 296 g/mol. The molecule has 0 amide bonds. The van der Waals surface area contributed by atoms with Crippen LogP contribution in [0.2, 0.25) is 0 Å². The zero-order valence-corrected chi connectivity index (χ0v) is 13.7. The molecule has 0 saturated carbocycles. The van der Waals surface area contributed by atoms with E-state index in [1.54, 1.807) is 4.68 Å². The first-order valence-electron chi connectivity index (χ1n) is 8.09. The fourth-order valence-electron chi connectivity index (χ4n) is 2.78. The molecule has 2 aromatic heterocycles. The monoisotopic (exact) mass is 314 g/mol. The van der Waals surface area contributed by atoms with E-state index in [-0.39, 0.29) is 0 Å². The predicted molar refractivity (Wildman–Crippen MR) is 96.2 cm³/mol. The zero-order chi connectivity index (χ0) is 16.5. The summed E-state index contributed by atoms with van der Waals surface area (Å²) in [5, 5.41) is 8.38. The molecule has 24 heavy (non-hydrogen) atoms. The van der Waals surface area contributed by atoms with Gasteiger partial charge in [0.1, 0.15) is 5.52 Å². The molecule has 4 rings (SSSR count). The minimum absolute atomic E-state index is 0.542. The molecule has 4 heteroatoms. The molecule has 0 fully saturated rings. The minimum Gasteiger partial charge on any atom is -0.236 e. The van der Waals surface area contributed by atoms with Crippen LogP contribution < -0.4 is 0 Å². The lowest BCUT2D eigenvalue weighted by atomic mass is 9.99. The van der Waals surface area contributed by atoms with Gasteiger partial charge in [0, 0.05) is 11.8 Å². The van der Waals surface area contributed by atoms with Crippen molar-refractivity contribution in [3.8, 4) is 16.9 Å². The number of nitrogens with zero attached hydrogens (tertiary/aromatic N) is 4. The van der Waals surface area contributed by atoms with E-state index in [4.69, 9.17) is 0 Å². The summed E-state index contributed by atoms with van der Waals surface area (Å²) in [5.41, 5.74) is 5.43. The van der Waals surface area contributed by atoms with Crippen molar-refractivity contribution in [2.75, 3.05) is 0 Å². The molecular formula is C20H18N4. The van der Waals surface area contributed by atoms with E-state index in [2.05, 4.69) is 59.5 Å². The Morgan fingerprint density at radius 2 is 1.58 bits per heavy atom. The van der Waals surface area contributed by atoms with Crippen LogP contribution in [-0.4, -0.2) is 20.0 Å². The van der Waals surface area contributed by atoms with Gasteiger partial charge in [-0.3, -0.25) is 0 Å². The number of fused-ring (bicyclic) bond motifs is 1. The second-order valence-electron chi connectivity index (χ2n) is 6.17. The Bertz CT molecular complexity index is 967. The third-order valence-electron chi connectivity index (χ3n) is 4.23. The van der Waals surface area contributed by atoms with Gasteiger partial charge in [-0.1, -0.05) is 55.5 Å². The molecule has 0 atom stereocenters. The molecule has 4 nitrogen and oxygen atoms in total. The third-order valence-corrected chi connectivity index (χ3v) is 4.23. The summed E-state index contributed by atoms with van der Waals surface area (Å²) >= 11 is 0. The molecule has 0 spiro atoms. The fraction of sp³-hybridized carbons (Fsp3) is 0.150. The van der Waals surface area contributed by atoms with Crippen molar-refractivity contribution in [1.29, 1.82) is 0 Å². The van der Waals surface area contributed by atoms with Gasteiger partial charge in [-0.25, -0.2) is 4.98 Å². The fourth-order valence-corrected chi connectivity index (χ4v) is 2.78. The van der Waals surface area contributed by atoms with Crippen LogP contribution in [0.5, 0.6) is 0 Å². The average Bonchev–Trinajstić information content (AvgIpc) is 3.06. The summed E-state index contributed by atoms with van der Waals surface area (Å²) in [6.07, 6.45) is 1.89. The topological polar surface area (TPSA) is 43.6 Å². The van der Waals surface area contributed by atoms with Crippen LogP contribution in [0.15, 0.2) is 66.9 Å². The van der Waals surface area contributed by atoms with Crippen LogP contribution in [0.4, 0.5) is 0 Å². The summed E-state index contributed by atoms with van der Waals surface area (Å²) in [4.78, 5) is 4.57. The van der Waals surface area contributed by atoms with Crippen molar-refractivity contribution in [3.05, 3.63) is 72.4 Å². The highest BCUT2D eigenvalue weighted by atomic mass is 15.4. The quantitative estimate of drug-likeness (QED) is 0.555. The average molecular weight is 314 g/mol. The van der Waals surface area contributed by atoms with E-state index in [0.29, 0.717) is 5.92 Å². The lowest BCUT2D eigenvalue weighted by Crippen LogP contribution is -1.99. The Kier molecular flexibility index (Phi) is 3.58. The largest absolute Gasteiger partial charge is 0.236 e. The molecule has 0 aliphatic heterocycles. The van der Waals surface area contributed by atoms with E-state index in [1.807, 2.05) is 36.5 Å². The SMILES string of the molecule is CC(C)c1ccc(-c2ccc(-n3nnc4ccccc43)nc2)cc1. The van der Waals surface area contributed by atoms with Crippen LogP contribution in [0.1, 0.15) is 25.3 Å². The highest BCUT2D eigenvalue weighted by molar-refractivity contribution is 5.75. The molecule has 4 aromatic rings. The Hall–Kier alpha value is -3.01. The number of benzene rings is 2. The molecule has 0 aliphatic carbocycles. The Balaban J connectivity index is 1.67. The van der Waals surface area contributed by atoms with Gasteiger partial charge in [0.05, 0.1) is 5.52 Å². The normalized spacial score (nSPS) is 11.3. The number of hydrogen-bond donors (Lipinski definition) is 0. The van der Waals surface area contributed by atoms with Crippen molar-refractivity contribution in [2.45, 2.75) is 19.8 Å². The van der Waals surface area contributed by atoms with E-state index < -0.39 is 0 Å². The van der Waals surface area contributed by atoms with E-state index in [0.717, 1.165) is 22.4 Å². The number of para-hydroxylation sites is 1. The smallest absolute Gasteiger partial charge is 0.155 e. The van der Waals surface area contributed by atoms with Gasteiger partial charge in [0.15, 0.2) is 5.82 Å². The summed E-state index contributed by atoms with van der Waals surface area (Å²) in [6.45, 7) is 4.40. The van der Waals surface area contributed by atoms with Crippen LogP contribution in [-0.2, 0) is 0 Å². The van der Waals surface area contributed by atoms with E-state index >= 15 is 0 Å². The first kappa shape index (κ1) is 14.6. The number of pyridine rings is 1. The molecule has 0 N–H and O–H groups in total. The maximum absolute atomic E-state index is 4.57. The first-order chi connectivity index (χ1) is 11.7. The second-order valence-corrected chi connectivity index (χ2v) is 6.17. The third kappa shape index (κ3) is 2.56.